The zero-order valence-corrected chi connectivity index (χ0v) is 23.3. The van der Waals surface area contributed by atoms with Crippen LogP contribution in [0.2, 0.25) is 5.02 Å². The summed E-state index contributed by atoms with van der Waals surface area (Å²) >= 11 is 6.54. The number of aliphatic hydroxyl groups is 1. The van der Waals surface area contributed by atoms with Gasteiger partial charge in [0.2, 0.25) is 5.12 Å². The summed E-state index contributed by atoms with van der Waals surface area (Å²) < 4.78 is 46.7. The van der Waals surface area contributed by atoms with E-state index in [9.17, 15) is 19.1 Å². The second-order valence-electron chi connectivity index (χ2n) is 12.1. The standard InChI is InChI=1S/C29H31ClF3NO4S/c1-26-8-7-19(35)10-22(26)23(32)11-21-20-9-17-14-34(13-16-3-5-18(30)6-4-16)38-29(17,25(37)39-15-31)27(20,2)12-24(36)28(21,26)33/h3-8,10,17,20-21,23-24,36H,9,11-15H2,1-2H3/t17-,20-,21-,23-,24-,26-,27-,28-,29-/m0/s1. The van der Waals surface area contributed by atoms with Gasteiger partial charge in [0.05, 0.1) is 6.10 Å². The van der Waals surface area contributed by atoms with Crippen LogP contribution in [0, 0.1) is 28.6 Å². The number of carbonyl (C=O) groups excluding carboxylic acids is 2. The molecule has 3 saturated carbocycles. The number of alkyl halides is 3. The van der Waals surface area contributed by atoms with Crippen molar-refractivity contribution in [3.63, 3.8) is 0 Å². The number of halogens is 4. The molecule has 0 amide bonds. The highest BCUT2D eigenvalue weighted by atomic mass is 35.5. The summed E-state index contributed by atoms with van der Waals surface area (Å²) in [7, 11) is 0. The molecule has 1 aromatic rings. The Morgan fingerprint density at radius 2 is 1.95 bits per heavy atom. The van der Waals surface area contributed by atoms with Crippen LogP contribution in [0.15, 0.2) is 48.1 Å². The molecule has 1 heterocycles. The Kier molecular flexibility index (Phi) is 6.48. The second kappa shape index (κ2) is 9.18. The van der Waals surface area contributed by atoms with E-state index >= 15 is 8.78 Å². The summed E-state index contributed by atoms with van der Waals surface area (Å²) in [5.74, 6) is -2.23. The van der Waals surface area contributed by atoms with Crippen molar-refractivity contribution in [3.8, 4) is 0 Å². The number of hydrogen-bond acceptors (Lipinski definition) is 6. The van der Waals surface area contributed by atoms with Gasteiger partial charge in [0.1, 0.15) is 12.2 Å². The number of nitrogens with zero attached hydrogens (tertiary/aromatic N) is 1. The first-order valence-corrected chi connectivity index (χ1v) is 14.6. The number of hydrogen-bond donors (Lipinski definition) is 1. The predicted molar refractivity (Wildman–Crippen MR) is 142 cm³/mol. The fraction of sp³-hybridized carbons (Fsp3) is 0.586. The SMILES string of the molecule is C[C@]12C=CC(=O)C=C1[C@@H](F)C[C@H]1[C@@H]3C[C@H]4CN(Cc5ccc(Cl)cc5)O[C@@]4(C(=O)SCF)[C@@]3(C)C[C@H](O)[C@@]12F. The summed E-state index contributed by atoms with van der Waals surface area (Å²) in [4.78, 5) is 32.3. The molecule has 0 aromatic heterocycles. The molecule has 1 N–H and O–H groups in total. The van der Waals surface area contributed by atoms with Gasteiger partial charge < -0.3 is 5.11 Å². The molecule has 0 radical (unpaired) electrons. The molecule has 5 aliphatic rings. The molecule has 1 saturated heterocycles. The third-order valence-corrected chi connectivity index (χ3v) is 11.4. The third-order valence-electron chi connectivity index (χ3n) is 10.4. The fourth-order valence-electron chi connectivity index (χ4n) is 8.71. The van der Waals surface area contributed by atoms with Crippen molar-refractivity contribution in [2.75, 3.05) is 12.6 Å². The van der Waals surface area contributed by atoms with Crippen molar-refractivity contribution in [2.24, 2.45) is 28.6 Å². The number of rotatable bonds is 4. The molecule has 210 valence electrons. The van der Waals surface area contributed by atoms with Crippen molar-refractivity contribution in [1.29, 1.82) is 0 Å². The lowest BCUT2D eigenvalue weighted by Gasteiger charge is -2.63. The van der Waals surface area contributed by atoms with Crippen LogP contribution >= 0.6 is 23.4 Å². The van der Waals surface area contributed by atoms with Crippen molar-refractivity contribution in [2.45, 2.75) is 63.2 Å². The van der Waals surface area contributed by atoms with E-state index in [1.807, 2.05) is 19.1 Å². The topological polar surface area (TPSA) is 66.8 Å². The maximum atomic E-state index is 17.5. The number of fused-ring (bicyclic) bond motifs is 7. The van der Waals surface area contributed by atoms with E-state index in [1.54, 1.807) is 24.1 Å². The molecule has 39 heavy (non-hydrogen) atoms. The number of aliphatic hydroxyl groups excluding tert-OH is 1. The minimum absolute atomic E-state index is 0.0544. The Labute approximate surface area is 234 Å². The molecule has 0 unspecified atom stereocenters. The van der Waals surface area contributed by atoms with E-state index in [0.29, 0.717) is 36.3 Å². The molecule has 5 nitrogen and oxygen atoms in total. The van der Waals surface area contributed by atoms with E-state index in [-0.39, 0.29) is 18.4 Å². The van der Waals surface area contributed by atoms with Crippen LogP contribution in [0.5, 0.6) is 0 Å². The number of carbonyl (C=O) groups is 2. The lowest BCUT2D eigenvalue weighted by molar-refractivity contribution is -0.266. The molecular formula is C29H31ClF3NO4S. The lowest BCUT2D eigenvalue weighted by atomic mass is 9.44. The van der Waals surface area contributed by atoms with E-state index in [0.717, 1.165) is 11.6 Å². The van der Waals surface area contributed by atoms with Crippen LogP contribution < -0.4 is 0 Å². The Bertz CT molecular complexity index is 1280. The fourth-order valence-corrected chi connectivity index (χ4v) is 9.58. The molecule has 6 rings (SSSR count). The molecule has 1 aliphatic heterocycles. The average Bonchev–Trinajstić information content (AvgIpc) is 3.36. The van der Waals surface area contributed by atoms with Crippen LogP contribution in [0.4, 0.5) is 13.2 Å². The van der Waals surface area contributed by atoms with Gasteiger partial charge in [-0.25, -0.2) is 13.2 Å². The maximum Gasteiger partial charge on any atom is 0.226 e. The lowest BCUT2D eigenvalue weighted by Crippen LogP contribution is -2.70. The summed E-state index contributed by atoms with van der Waals surface area (Å²) in [6.07, 6.45) is 0.720. The molecule has 4 aliphatic carbocycles. The highest BCUT2D eigenvalue weighted by Crippen LogP contribution is 2.73. The van der Waals surface area contributed by atoms with E-state index in [1.165, 1.54) is 12.2 Å². The number of hydroxylamine groups is 2. The molecule has 0 spiro atoms. The monoisotopic (exact) mass is 581 g/mol. The third kappa shape index (κ3) is 3.59. The smallest absolute Gasteiger partial charge is 0.226 e. The van der Waals surface area contributed by atoms with E-state index in [2.05, 4.69) is 0 Å². The Morgan fingerprint density at radius 1 is 1.23 bits per heavy atom. The molecule has 4 fully saturated rings. The first-order chi connectivity index (χ1) is 18.4. The van der Waals surface area contributed by atoms with Gasteiger partial charge >= 0.3 is 0 Å². The van der Waals surface area contributed by atoms with Crippen molar-refractivity contribution in [1.82, 2.24) is 5.06 Å². The van der Waals surface area contributed by atoms with Gasteiger partial charge in [-0.15, -0.1) is 0 Å². The summed E-state index contributed by atoms with van der Waals surface area (Å²) in [5, 5.41) is 13.4. The van der Waals surface area contributed by atoms with Gasteiger partial charge in [-0.3, -0.25) is 14.4 Å². The van der Waals surface area contributed by atoms with Crippen LogP contribution in [0.25, 0.3) is 0 Å². The quantitative estimate of drug-likeness (QED) is 0.502. The summed E-state index contributed by atoms with van der Waals surface area (Å²) in [5.41, 5.74) is -5.36. The summed E-state index contributed by atoms with van der Waals surface area (Å²) in [6.45, 7) is 4.07. The highest BCUT2D eigenvalue weighted by molar-refractivity contribution is 8.13. The first-order valence-electron chi connectivity index (χ1n) is 13.3. The molecule has 10 heteroatoms. The van der Waals surface area contributed by atoms with Crippen molar-refractivity contribution >= 4 is 34.3 Å². The van der Waals surface area contributed by atoms with Crippen molar-refractivity contribution < 1.29 is 32.7 Å². The van der Waals surface area contributed by atoms with Gasteiger partial charge in [-0.05, 0) is 67.5 Å². The molecule has 0 bridgehead atoms. The van der Waals surface area contributed by atoms with Gasteiger partial charge in [-0.2, -0.15) is 5.06 Å². The second-order valence-corrected chi connectivity index (χ2v) is 13.4. The van der Waals surface area contributed by atoms with Gasteiger partial charge in [0.25, 0.3) is 0 Å². The number of thioether (sulfide) groups is 1. The zero-order valence-electron chi connectivity index (χ0n) is 21.7. The van der Waals surface area contributed by atoms with Crippen LogP contribution in [0.1, 0.15) is 38.7 Å². The molecular weight excluding hydrogens is 551 g/mol. The minimum atomic E-state index is -2.25. The highest BCUT2D eigenvalue weighted by Gasteiger charge is 2.79. The molecule has 1 aromatic carbocycles. The normalized spacial score (nSPS) is 44.8. The minimum Gasteiger partial charge on any atom is -0.390 e. The largest absolute Gasteiger partial charge is 0.390 e. The van der Waals surface area contributed by atoms with Gasteiger partial charge in [0, 0.05) is 40.8 Å². The van der Waals surface area contributed by atoms with E-state index < -0.39 is 69.0 Å². The van der Waals surface area contributed by atoms with Gasteiger partial charge in [0.15, 0.2) is 17.1 Å². The predicted octanol–water partition coefficient (Wildman–Crippen LogP) is 5.56. The first kappa shape index (κ1) is 27.5. The van der Waals surface area contributed by atoms with Crippen LogP contribution in [-0.4, -0.2) is 57.2 Å². The number of benzene rings is 1. The number of ketones is 1. The summed E-state index contributed by atoms with van der Waals surface area (Å²) in [6, 6.07) is 6.29. The number of allylic oxidation sites excluding steroid dienone is 4. The Hall–Kier alpha value is -1.65. The van der Waals surface area contributed by atoms with Crippen molar-refractivity contribution in [3.05, 3.63) is 58.7 Å². The maximum absolute atomic E-state index is 17.5. The Balaban J connectivity index is 1.40. The van der Waals surface area contributed by atoms with Crippen LogP contribution in [-0.2, 0) is 21.0 Å². The van der Waals surface area contributed by atoms with E-state index in [4.69, 9.17) is 16.4 Å². The molecule has 9 atom stereocenters. The Morgan fingerprint density at radius 3 is 2.64 bits per heavy atom. The van der Waals surface area contributed by atoms with Crippen LogP contribution in [0.3, 0.4) is 0 Å². The zero-order chi connectivity index (χ0) is 28.0. The van der Waals surface area contributed by atoms with Gasteiger partial charge in [-0.1, -0.05) is 48.5 Å². The average molecular weight is 582 g/mol.